The normalized spacial score (nSPS) is 25.5. The lowest BCUT2D eigenvalue weighted by Gasteiger charge is -2.45. The minimum absolute atomic E-state index is 0.0159. The van der Waals surface area contributed by atoms with Crippen molar-refractivity contribution >= 4 is 17.6 Å². The zero-order valence-corrected chi connectivity index (χ0v) is 22.3. The Morgan fingerprint density at radius 1 is 1.07 bits per heavy atom. The molecule has 2 heterocycles. The Morgan fingerprint density at radius 3 is 2.51 bits per heavy atom. The van der Waals surface area contributed by atoms with Crippen molar-refractivity contribution in [3.63, 3.8) is 0 Å². The monoisotopic (exact) mass is 581 g/mol. The van der Waals surface area contributed by atoms with E-state index in [0.717, 1.165) is 50.4 Å². The number of nitrogens with one attached hydrogen (secondary N) is 2. The van der Waals surface area contributed by atoms with Crippen LogP contribution in [0.2, 0.25) is 0 Å². The van der Waals surface area contributed by atoms with E-state index < -0.39 is 40.5 Å². The Labute approximate surface area is 234 Å². The highest BCUT2D eigenvalue weighted by molar-refractivity contribution is 5.89. The van der Waals surface area contributed by atoms with Gasteiger partial charge in [-0.1, -0.05) is 0 Å². The molecule has 1 amide bonds. The predicted molar refractivity (Wildman–Crippen MR) is 139 cm³/mol. The van der Waals surface area contributed by atoms with Crippen LogP contribution in [0.25, 0.3) is 0 Å². The number of carbonyl (C=O) groups is 2. The van der Waals surface area contributed by atoms with E-state index in [9.17, 15) is 36.6 Å². The minimum Gasteiger partial charge on any atom is -0.478 e. The molecule has 0 bridgehead atoms. The molecule has 3 atom stereocenters. The molecule has 2 aliphatic heterocycles. The molecule has 41 heavy (non-hydrogen) atoms. The number of piperidine rings is 1. The van der Waals surface area contributed by atoms with Crippen molar-refractivity contribution in [3.8, 4) is 0 Å². The molecule has 2 aromatic carbocycles. The second kappa shape index (κ2) is 11.6. The molecule has 3 N–H and O–H groups in total. The molecule has 0 aromatic heterocycles. The van der Waals surface area contributed by atoms with Crippen LogP contribution in [0.15, 0.2) is 36.4 Å². The lowest BCUT2D eigenvalue weighted by atomic mass is 9.85. The lowest BCUT2D eigenvalue weighted by molar-refractivity contribution is -0.165. The van der Waals surface area contributed by atoms with Gasteiger partial charge in [0.05, 0.1) is 17.7 Å². The third-order valence-corrected chi connectivity index (χ3v) is 8.28. The zero-order chi connectivity index (χ0) is 29.4. The van der Waals surface area contributed by atoms with Gasteiger partial charge in [-0.05, 0) is 92.9 Å². The molecule has 1 saturated carbocycles. The van der Waals surface area contributed by atoms with Gasteiger partial charge in [0.1, 0.15) is 17.2 Å². The summed E-state index contributed by atoms with van der Waals surface area (Å²) in [6, 6.07) is 6.24. The van der Waals surface area contributed by atoms with E-state index in [-0.39, 0.29) is 36.0 Å². The van der Waals surface area contributed by atoms with Crippen LogP contribution in [-0.2, 0) is 22.3 Å². The van der Waals surface area contributed by atoms with Crippen molar-refractivity contribution in [3.05, 3.63) is 64.7 Å². The van der Waals surface area contributed by atoms with Gasteiger partial charge in [0.15, 0.2) is 0 Å². The van der Waals surface area contributed by atoms with E-state index in [1.54, 1.807) is 0 Å². The first-order chi connectivity index (χ1) is 19.4. The van der Waals surface area contributed by atoms with Gasteiger partial charge in [-0.2, -0.15) is 13.2 Å². The highest BCUT2D eigenvalue weighted by Crippen LogP contribution is 2.47. The minimum atomic E-state index is -4.69. The fourth-order valence-corrected chi connectivity index (χ4v) is 6.02. The zero-order valence-electron chi connectivity index (χ0n) is 22.3. The second-order valence-electron chi connectivity index (χ2n) is 11.2. The number of hydrogen-bond donors (Lipinski definition) is 3. The van der Waals surface area contributed by atoms with Crippen molar-refractivity contribution in [2.45, 2.75) is 68.9 Å². The summed E-state index contributed by atoms with van der Waals surface area (Å²) < 4.78 is 73.1. The number of likely N-dealkylation sites (tertiary alicyclic amines) is 1. The third kappa shape index (κ3) is 6.64. The van der Waals surface area contributed by atoms with Crippen molar-refractivity contribution in [1.82, 2.24) is 10.2 Å². The van der Waals surface area contributed by atoms with Crippen LogP contribution in [0.3, 0.4) is 0 Å². The van der Waals surface area contributed by atoms with Crippen LogP contribution >= 0.6 is 0 Å². The quantitative estimate of drug-likeness (QED) is 0.372. The number of rotatable bonds is 8. The van der Waals surface area contributed by atoms with Crippen LogP contribution in [0.5, 0.6) is 0 Å². The molecule has 2 aromatic rings. The van der Waals surface area contributed by atoms with Crippen LogP contribution in [0.4, 0.5) is 27.6 Å². The molecule has 2 saturated heterocycles. The largest absolute Gasteiger partial charge is 0.478 e. The Morgan fingerprint density at radius 2 is 1.85 bits per heavy atom. The molecule has 3 aliphatic rings. The number of amides is 1. The van der Waals surface area contributed by atoms with E-state index in [1.165, 1.54) is 12.1 Å². The van der Waals surface area contributed by atoms with Gasteiger partial charge in [0.25, 0.3) is 5.91 Å². The van der Waals surface area contributed by atoms with Crippen molar-refractivity contribution in [2.75, 3.05) is 25.0 Å². The van der Waals surface area contributed by atoms with Gasteiger partial charge >= 0.3 is 12.1 Å². The number of carbonyl (C=O) groups excluding carboxylic acids is 1. The molecule has 0 spiro atoms. The van der Waals surface area contributed by atoms with Gasteiger partial charge in [-0.15, -0.1) is 0 Å². The summed E-state index contributed by atoms with van der Waals surface area (Å²) >= 11 is 0. The Hall–Kier alpha value is -3.25. The van der Waals surface area contributed by atoms with Crippen molar-refractivity contribution in [1.29, 1.82) is 0 Å². The molecule has 3 fully saturated rings. The maximum Gasteiger partial charge on any atom is 0.416 e. The number of hydrogen-bond acceptors (Lipinski definition) is 5. The van der Waals surface area contributed by atoms with Gasteiger partial charge in [-0.3, -0.25) is 9.69 Å². The van der Waals surface area contributed by atoms with Crippen molar-refractivity contribution in [2.24, 2.45) is 5.92 Å². The average Bonchev–Trinajstić information content (AvgIpc) is 3.78. The highest BCUT2D eigenvalue weighted by Gasteiger charge is 2.54. The number of carboxylic acids is 1. The van der Waals surface area contributed by atoms with Gasteiger partial charge < -0.3 is 20.5 Å². The standard InChI is InChI=1S/C29H32F5N3O4/c30-20-11-17(10-19(12-20)29(32,33)34)14-35-27(40)28(18-3-4-18)8-7-23(16-41-28)37-9-1-2-22(15-37)36-21-5-6-25(31)24(13-21)26(38)39/h5-6,10-13,18,22-23,36H,1-4,7-9,14-16H2,(H,35,40)(H,38,39)/t22?,23-,28+/m1/s1. The first-order valence-corrected chi connectivity index (χ1v) is 13.8. The molecule has 222 valence electrons. The summed E-state index contributed by atoms with van der Waals surface area (Å²) in [7, 11) is 0. The predicted octanol–water partition coefficient (Wildman–Crippen LogP) is 5.20. The molecular formula is C29H32F5N3O4. The number of nitrogens with zero attached hydrogens (tertiary/aromatic N) is 1. The topological polar surface area (TPSA) is 90.9 Å². The second-order valence-corrected chi connectivity index (χ2v) is 11.2. The fourth-order valence-electron chi connectivity index (χ4n) is 6.02. The third-order valence-electron chi connectivity index (χ3n) is 8.28. The first-order valence-electron chi connectivity index (χ1n) is 13.8. The number of benzene rings is 2. The summed E-state index contributed by atoms with van der Waals surface area (Å²) in [6.45, 7) is 1.57. The number of alkyl halides is 3. The Balaban J connectivity index is 1.18. The van der Waals surface area contributed by atoms with Crippen molar-refractivity contribution < 1.29 is 41.4 Å². The maximum atomic E-state index is 13.8. The molecule has 5 rings (SSSR count). The maximum absolute atomic E-state index is 13.8. The summed E-state index contributed by atoms with van der Waals surface area (Å²) in [5.74, 6) is -3.51. The van der Waals surface area contributed by atoms with E-state index in [4.69, 9.17) is 4.74 Å². The lowest BCUT2D eigenvalue weighted by Crippen LogP contribution is -2.58. The average molecular weight is 582 g/mol. The number of ether oxygens (including phenoxy) is 1. The molecule has 1 unspecified atom stereocenters. The van der Waals surface area contributed by atoms with E-state index in [0.29, 0.717) is 37.7 Å². The SMILES string of the molecule is O=C(O)c1cc(NC2CCCN([C@@H]3CC[C@@](C(=O)NCc4cc(F)cc(C(F)(F)F)c4)(C4CC4)OC3)C2)ccc1F. The molecule has 7 nitrogen and oxygen atoms in total. The fraction of sp³-hybridized carbons (Fsp3) is 0.517. The Bertz CT molecular complexity index is 1290. The molecular weight excluding hydrogens is 549 g/mol. The van der Waals surface area contributed by atoms with Crippen LogP contribution in [0.1, 0.15) is 60.0 Å². The summed E-state index contributed by atoms with van der Waals surface area (Å²) in [5.41, 5.74) is -2.01. The van der Waals surface area contributed by atoms with Crippen LogP contribution < -0.4 is 10.6 Å². The van der Waals surface area contributed by atoms with E-state index in [2.05, 4.69) is 15.5 Å². The van der Waals surface area contributed by atoms with Gasteiger partial charge in [-0.25, -0.2) is 13.6 Å². The van der Waals surface area contributed by atoms with Gasteiger partial charge in [0, 0.05) is 30.9 Å². The highest BCUT2D eigenvalue weighted by atomic mass is 19.4. The van der Waals surface area contributed by atoms with Crippen LogP contribution in [-0.4, -0.2) is 59.3 Å². The summed E-state index contributed by atoms with van der Waals surface area (Å²) in [5, 5.41) is 15.2. The molecule has 12 heteroatoms. The van der Waals surface area contributed by atoms with Gasteiger partial charge in [0.2, 0.25) is 0 Å². The first kappa shape index (κ1) is 29.2. The summed E-state index contributed by atoms with van der Waals surface area (Å²) in [4.78, 5) is 26.9. The summed E-state index contributed by atoms with van der Waals surface area (Å²) in [6.07, 6.45) is -0.156. The smallest absolute Gasteiger partial charge is 0.416 e. The van der Waals surface area contributed by atoms with Crippen LogP contribution in [0, 0.1) is 17.6 Å². The number of anilines is 1. The number of halogens is 5. The Kier molecular flexibility index (Phi) is 8.24. The van der Waals surface area contributed by atoms with E-state index >= 15 is 0 Å². The van der Waals surface area contributed by atoms with E-state index in [1.807, 2.05) is 0 Å². The number of carboxylic acid groups (broad SMARTS) is 1. The molecule has 1 aliphatic carbocycles. The number of aromatic carboxylic acids is 1. The molecule has 0 radical (unpaired) electrons.